The number of aromatic nitrogens is 4. The number of hydrogen-bond acceptors (Lipinski definition) is 4. The van der Waals surface area contributed by atoms with E-state index < -0.39 is 17.5 Å². The number of hydrogen-bond donors (Lipinski definition) is 3. The highest BCUT2D eigenvalue weighted by molar-refractivity contribution is 5.96. The van der Waals surface area contributed by atoms with Crippen LogP contribution in [0.5, 0.6) is 0 Å². The Labute approximate surface area is 163 Å². The molecule has 1 amide bonds. The van der Waals surface area contributed by atoms with E-state index in [0.717, 1.165) is 19.3 Å². The Bertz CT molecular complexity index is 1320. The monoisotopic (exact) mass is 393 g/mol. The molecule has 1 aliphatic carbocycles. The molecule has 1 aliphatic rings. The average Bonchev–Trinajstić information content (AvgIpc) is 3.07. The number of H-pyrrole nitrogens is 2. The third kappa shape index (κ3) is 2.74. The fourth-order valence-corrected chi connectivity index (χ4v) is 3.71. The predicted molar refractivity (Wildman–Crippen MR) is 106 cm³/mol. The Morgan fingerprint density at radius 2 is 2.07 bits per heavy atom. The maximum absolute atomic E-state index is 14.5. The number of benzene rings is 2. The first-order valence-corrected chi connectivity index (χ1v) is 9.22. The molecule has 29 heavy (non-hydrogen) atoms. The van der Waals surface area contributed by atoms with Crippen LogP contribution in [-0.2, 0) is 0 Å². The summed E-state index contributed by atoms with van der Waals surface area (Å²) in [5.41, 5.74) is 1.59. The largest absolute Gasteiger partial charge is 0.465 e. The van der Waals surface area contributed by atoms with Crippen LogP contribution in [0.25, 0.3) is 33.1 Å². The summed E-state index contributed by atoms with van der Waals surface area (Å²) >= 11 is 0. The van der Waals surface area contributed by atoms with Gasteiger partial charge in [-0.25, -0.2) is 24.2 Å². The van der Waals surface area contributed by atoms with E-state index >= 15 is 0 Å². The molecule has 0 bridgehead atoms. The van der Waals surface area contributed by atoms with Crippen molar-refractivity contribution < 1.29 is 14.3 Å². The minimum Gasteiger partial charge on any atom is -0.465 e. The summed E-state index contributed by atoms with van der Waals surface area (Å²) < 4.78 is 14.5. The van der Waals surface area contributed by atoms with Crippen LogP contribution in [0.3, 0.4) is 0 Å². The molecule has 1 fully saturated rings. The Kier molecular flexibility index (Phi) is 3.83. The van der Waals surface area contributed by atoms with Crippen LogP contribution >= 0.6 is 0 Å². The number of rotatable bonds is 3. The Balaban J connectivity index is 1.65. The summed E-state index contributed by atoms with van der Waals surface area (Å²) in [4.78, 5) is 32.4. The van der Waals surface area contributed by atoms with Gasteiger partial charge in [-0.1, -0.05) is 12.1 Å². The number of amides is 1. The van der Waals surface area contributed by atoms with Gasteiger partial charge in [0.25, 0.3) is 5.56 Å². The van der Waals surface area contributed by atoms with Crippen LogP contribution in [0, 0.1) is 5.82 Å². The van der Waals surface area contributed by atoms with Crippen molar-refractivity contribution >= 4 is 33.8 Å². The van der Waals surface area contributed by atoms with Crippen molar-refractivity contribution in [2.24, 2.45) is 0 Å². The van der Waals surface area contributed by atoms with Crippen molar-refractivity contribution in [3.05, 3.63) is 52.6 Å². The van der Waals surface area contributed by atoms with Gasteiger partial charge in [-0.05, 0) is 43.5 Å². The number of halogens is 1. The number of aromatic amines is 2. The molecule has 2 aromatic heterocycles. The lowest BCUT2D eigenvalue weighted by molar-refractivity contribution is 0.193. The lowest BCUT2D eigenvalue weighted by Gasteiger charge is -2.33. The molecule has 5 rings (SSSR count). The lowest BCUT2D eigenvalue weighted by Crippen LogP contribution is -2.44. The molecule has 8 nitrogen and oxygen atoms in total. The Morgan fingerprint density at radius 1 is 1.24 bits per heavy atom. The zero-order chi connectivity index (χ0) is 20.1. The third-order valence-corrected chi connectivity index (χ3v) is 5.38. The molecule has 9 heteroatoms. The number of nitrogens with one attached hydrogen (secondary N) is 2. The SMILES string of the molecule is O=C(O)N(c1nc2ccc(-c3n[nH]c(=O)c4cccc(F)c34)cc2[nH]1)C1CCC1. The van der Waals surface area contributed by atoms with E-state index in [9.17, 15) is 19.1 Å². The molecule has 0 aliphatic heterocycles. The maximum Gasteiger partial charge on any atom is 0.414 e. The Morgan fingerprint density at radius 3 is 2.79 bits per heavy atom. The van der Waals surface area contributed by atoms with E-state index in [2.05, 4.69) is 20.2 Å². The molecular weight excluding hydrogens is 377 g/mol. The second-order valence-corrected chi connectivity index (χ2v) is 7.09. The molecule has 2 heterocycles. The van der Waals surface area contributed by atoms with E-state index in [0.29, 0.717) is 22.3 Å². The van der Waals surface area contributed by atoms with Gasteiger partial charge >= 0.3 is 6.09 Å². The molecule has 0 saturated heterocycles. The first kappa shape index (κ1) is 17.4. The van der Waals surface area contributed by atoms with Crippen molar-refractivity contribution in [2.45, 2.75) is 25.3 Å². The second-order valence-electron chi connectivity index (χ2n) is 7.09. The van der Waals surface area contributed by atoms with Gasteiger partial charge in [0, 0.05) is 11.6 Å². The smallest absolute Gasteiger partial charge is 0.414 e. The zero-order valence-corrected chi connectivity index (χ0v) is 15.1. The second kappa shape index (κ2) is 6.40. The number of anilines is 1. The number of carbonyl (C=O) groups is 1. The van der Waals surface area contributed by atoms with Gasteiger partial charge in [0.05, 0.1) is 21.8 Å². The van der Waals surface area contributed by atoms with Gasteiger partial charge in [-0.3, -0.25) is 4.79 Å². The van der Waals surface area contributed by atoms with Crippen molar-refractivity contribution in [3.8, 4) is 11.3 Å². The normalized spacial score (nSPS) is 14.2. The summed E-state index contributed by atoms with van der Waals surface area (Å²) in [6.07, 6.45) is 1.56. The van der Waals surface area contributed by atoms with Crippen molar-refractivity contribution in [1.29, 1.82) is 0 Å². The molecule has 3 N–H and O–H groups in total. The quantitative estimate of drug-likeness (QED) is 0.492. The van der Waals surface area contributed by atoms with Gasteiger partial charge in [0.2, 0.25) is 5.95 Å². The molecule has 0 radical (unpaired) electrons. The summed E-state index contributed by atoms with van der Waals surface area (Å²) in [5, 5.41) is 16.4. The third-order valence-electron chi connectivity index (χ3n) is 5.38. The van der Waals surface area contributed by atoms with Crippen LogP contribution in [0.1, 0.15) is 19.3 Å². The molecule has 4 aromatic rings. The molecule has 0 atom stereocenters. The summed E-state index contributed by atoms with van der Waals surface area (Å²) in [6.45, 7) is 0. The summed E-state index contributed by atoms with van der Waals surface area (Å²) in [6, 6.07) is 9.37. The molecule has 2 aromatic carbocycles. The number of nitrogens with zero attached hydrogens (tertiary/aromatic N) is 3. The van der Waals surface area contributed by atoms with E-state index in [-0.39, 0.29) is 22.8 Å². The highest BCUT2D eigenvalue weighted by atomic mass is 19.1. The Hall–Kier alpha value is -3.75. The summed E-state index contributed by atoms with van der Waals surface area (Å²) in [5.74, 6) is -0.275. The predicted octanol–water partition coefficient (Wildman–Crippen LogP) is 3.64. The van der Waals surface area contributed by atoms with E-state index in [1.165, 1.54) is 17.0 Å². The average molecular weight is 393 g/mol. The van der Waals surface area contributed by atoms with Gasteiger partial charge in [0.15, 0.2) is 0 Å². The van der Waals surface area contributed by atoms with Gasteiger partial charge in [-0.2, -0.15) is 5.10 Å². The number of imidazole rings is 1. The van der Waals surface area contributed by atoms with Crippen molar-refractivity contribution in [3.63, 3.8) is 0 Å². The molecular formula is C20H16FN5O3. The van der Waals surface area contributed by atoms with Crippen molar-refractivity contribution in [2.75, 3.05) is 4.90 Å². The van der Waals surface area contributed by atoms with Gasteiger partial charge < -0.3 is 10.1 Å². The topological polar surface area (TPSA) is 115 Å². The molecule has 0 unspecified atom stereocenters. The highest BCUT2D eigenvalue weighted by Gasteiger charge is 2.32. The summed E-state index contributed by atoms with van der Waals surface area (Å²) in [7, 11) is 0. The first-order chi connectivity index (χ1) is 14.0. The highest BCUT2D eigenvalue weighted by Crippen LogP contribution is 2.32. The zero-order valence-electron chi connectivity index (χ0n) is 15.1. The molecule has 0 spiro atoms. The van der Waals surface area contributed by atoms with Gasteiger partial charge in [-0.15, -0.1) is 0 Å². The van der Waals surface area contributed by atoms with Gasteiger partial charge in [0.1, 0.15) is 11.5 Å². The minimum atomic E-state index is -1.05. The van der Waals surface area contributed by atoms with Crippen LogP contribution in [0.2, 0.25) is 0 Å². The number of carboxylic acid groups (broad SMARTS) is 1. The standard InChI is InChI=1S/C20H16FN5O3/c21-13-6-2-5-12-16(13)17(24-25-18(12)27)10-7-8-14-15(9-10)23-19(22-14)26(20(28)29)11-3-1-4-11/h2,5-9,11H,1,3-4H2,(H,22,23)(H,25,27)(H,28,29). The van der Waals surface area contributed by atoms with Crippen LogP contribution in [0.15, 0.2) is 41.2 Å². The molecule has 146 valence electrons. The minimum absolute atomic E-state index is 0.0774. The van der Waals surface area contributed by atoms with Crippen LogP contribution < -0.4 is 10.5 Å². The van der Waals surface area contributed by atoms with E-state index in [1.54, 1.807) is 24.3 Å². The maximum atomic E-state index is 14.5. The fraction of sp³-hybridized carbons (Fsp3) is 0.200. The van der Waals surface area contributed by atoms with E-state index in [1.807, 2.05) is 0 Å². The fourth-order valence-electron chi connectivity index (χ4n) is 3.71. The lowest BCUT2D eigenvalue weighted by atomic mass is 9.92. The van der Waals surface area contributed by atoms with Crippen LogP contribution in [-0.4, -0.2) is 37.4 Å². The van der Waals surface area contributed by atoms with E-state index in [4.69, 9.17) is 0 Å². The van der Waals surface area contributed by atoms with Crippen molar-refractivity contribution in [1.82, 2.24) is 20.2 Å². The first-order valence-electron chi connectivity index (χ1n) is 9.22. The molecule has 1 saturated carbocycles. The van der Waals surface area contributed by atoms with Crippen LogP contribution in [0.4, 0.5) is 15.1 Å². The number of fused-ring (bicyclic) bond motifs is 2.